The Morgan fingerprint density at radius 2 is 2.24 bits per heavy atom. The van der Waals surface area contributed by atoms with E-state index in [1.165, 1.54) is 11.3 Å². The van der Waals surface area contributed by atoms with Crippen LogP contribution in [-0.2, 0) is 6.42 Å². The third kappa shape index (κ3) is 3.37. The molecule has 0 spiro atoms. The molecule has 1 aliphatic heterocycles. The van der Waals surface area contributed by atoms with Gasteiger partial charge in [-0.25, -0.2) is 9.78 Å². The van der Waals surface area contributed by atoms with E-state index in [1.807, 2.05) is 20.8 Å². The van der Waals surface area contributed by atoms with Crippen LogP contribution in [-0.4, -0.2) is 39.2 Å². The lowest BCUT2D eigenvalue weighted by molar-refractivity contribution is 0.0733. The second-order valence-electron chi connectivity index (χ2n) is 6.65. The largest absolute Gasteiger partial charge is 0.391 e. The minimum Gasteiger partial charge on any atom is -0.391 e. The standard InChI is InChI=1S/C15H25N3O2S/c1-9(2)8-11-13(21-10(3)16-11)17-14(20)18-7-6-12(19)15(18,4)5/h9,12,19H,6-8H2,1-5H3,(H,17,20). The Balaban J connectivity index is 2.13. The van der Waals surface area contributed by atoms with Crippen LogP contribution < -0.4 is 5.32 Å². The number of anilines is 1. The molecule has 1 unspecified atom stereocenters. The Morgan fingerprint density at radius 1 is 1.57 bits per heavy atom. The smallest absolute Gasteiger partial charge is 0.323 e. The van der Waals surface area contributed by atoms with E-state index >= 15 is 0 Å². The van der Waals surface area contributed by atoms with Gasteiger partial charge in [0.05, 0.1) is 22.3 Å². The van der Waals surface area contributed by atoms with Gasteiger partial charge in [-0.2, -0.15) is 0 Å². The van der Waals surface area contributed by atoms with Crippen LogP contribution >= 0.6 is 11.3 Å². The molecule has 1 aliphatic rings. The van der Waals surface area contributed by atoms with Crippen LogP contribution in [0.2, 0.25) is 0 Å². The van der Waals surface area contributed by atoms with Crippen molar-refractivity contribution in [3.05, 3.63) is 10.7 Å². The van der Waals surface area contributed by atoms with Gasteiger partial charge in [0.15, 0.2) is 0 Å². The summed E-state index contributed by atoms with van der Waals surface area (Å²) in [6.07, 6.45) is 1.01. The molecular formula is C15H25N3O2S. The van der Waals surface area contributed by atoms with Gasteiger partial charge in [-0.15, -0.1) is 11.3 Å². The zero-order chi connectivity index (χ0) is 15.8. The summed E-state index contributed by atoms with van der Waals surface area (Å²) in [4.78, 5) is 18.7. The number of hydrogen-bond donors (Lipinski definition) is 2. The number of rotatable bonds is 3. The highest BCUT2D eigenvalue weighted by molar-refractivity contribution is 7.16. The summed E-state index contributed by atoms with van der Waals surface area (Å²) in [7, 11) is 0. The number of urea groups is 1. The van der Waals surface area contributed by atoms with E-state index in [0.717, 1.165) is 22.1 Å². The van der Waals surface area contributed by atoms with E-state index in [0.29, 0.717) is 18.9 Å². The van der Waals surface area contributed by atoms with Crippen LogP contribution in [0.15, 0.2) is 0 Å². The number of amides is 2. The molecule has 1 aromatic heterocycles. The van der Waals surface area contributed by atoms with Crippen molar-refractivity contribution in [2.75, 3.05) is 11.9 Å². The van der Waals surface area contributed by atoms with Crippen molar-refractivity contribution in [1.82, 2.24) is 9.88 Å². The van der Waals surface area contributed by atoms with Gasteiger partial charge < -0.3 is 10.0 Å². The van der Waals surface area contributed by atoms with Gasteiger partial charge in [-0.05, 0) is 39.5 Å². The summed E-state index contributed by atoms with van der Waals surface area (Å²) in [6, 6.07) is -0.148. The summed E-state index contributed by atoms with van der Waals surface area (Å²) in [6.45, 7) is 10.6. The maximum atomic E-state index is 12.5. The number of likely N-dealkylation sites (tertiary alicyclic amines) is 1. The first-order valence-electron chi connectivity index (χ1n) is 7.44. The van der Waals surface area contributed by atoms with E-state index in [9.17, 15) is 9.90 Å². The Morgan fingerprint density at radius 3 is 2.76 bits per heavy atom. The monoisotopic (exact) mass is 311 g/mol. The highest BCUT2D eigenvalue weighted by Crippen LogP contribution is 2.31. The summed E-state index contributed by atoms with van der Waals surface area (Å²) in [5.74, 6) is 0.493. The van der Waals surface area contributed by atoms with Gasteiger partial charge in [0, 0.05) is 6.54 Å². The number of aryl methyl sites for hydroxylation is 1. The maximum Gasteiger partial charge on any atom is 0.323 e. The molecule has 5 nitrogen and oxygen atoms in total. The van der Waals surface area contributed by atoms with Gasteiger partial charge in [-0.1, -0.05) is 13.8 Å². The Kier molecular flexibility index (Phi) is 4.58. The fraction of sp³-hybridized carbons (Fsp3) is 0.733. The minimum atomic E-state index is -0.526. The number of nitrogens with one attached hydrogen (secondary N) is 1. The highest BCUT2D eigenvalue weighted by Gasteiger charge is 2.43. The molecule has 118 valence electrons. The lowest BCUT2D eigenvalue weighted by Gasteiger charge is -2.33. The third-order valence-corrected chi connectivity index (χ3v) is 4.94. The van der Waals surface area contributed by atoms with Crippen molar-refractivity contribution in [1.29, 1.82) is 0 Å². The first kappa shape index (κ1) is 16.2. The zero-order valence-electron chi connectivity index (χ0n) is 13.4. The molecule has 2 rings (SSSR count). The first-order valence-corrected chi connectivity index (χ1v) is 8.26. The quantitative estimate of drug-likeness (QED) is 0.902. The van der Waals surface area contributed by atoms with E-state index < -0.39 is 11.6 Å². The predicted molar refractivity (Wildman–Crippen MR) is 85.8 cm³/mol. The lowest BCUT2D eigenvalue weighted by Crippen LogP contribution is -2.49. The molecule has 6 heteroatoms. The highest BCUT2D eigenvalue weighted by atomic mass is 32.1. The van der Waals surface area contributed by atoms with E-state index in [-0.39, 0.29) is 6.03 Å². The number of aliphatic hydroxyl groups excluding tert-OH is 1. The van der Waals surface area contributed by atoms with Crippen LogP contribution in [0.25, 0.3) is 0 Å². The van der Waals surface area contributed by atoms with Crippen molar-refractivity contribution >= 4 is 22.4 Å². The molecule has 0 bridgehead atoms. The predicted octanol–water partition coefficient (Wildman–Crippen LogP) is 3.03. The van der Waals surface area contributed by atoms with Gasteiger partial charge in [0.25, 0.3) is 0 Å². The van der Waals surface area contributed by atoms with Crippen molar-refractivity contribution in [2.45, 2.75) is 59.1 Å². The number of carbonyl (C=O) groups excluding carboxylic acids is 1. The number of carbonyl (C=O) groups is 1. The molecule has 1 atom stereocenters. The summed E-state index contributed by atoms with van der Waals surface area (Å²) < 4.78 is 0. The van der Waals surface area contributed by atoms with Crippen LogP contribution in [0.1, 0.15) is 44.8 Å². The van der Waals surface area contributed by atoms with Crippen LogP contribution in [0.3, 0.4) is 0 Å². The minimum absolute atomic E-state index is 0.148. The summed E-state index contributed by atoms with van der Waals surface area (Å²) in [5.41, 5.74) is 0.431. The summed E-state index contributed by atoms with van der Waals surface area (Å²) >= 11 is 1.51. The SMILES string of the molecule is Cc1nc(CC(C)C)c(NC(=O)N2CCC(O)C2(C)C)s1. The maximum absolute atomic E-state index is 12.5. The van der Waals surface area contributed by atoms with E-state index in [4.69, 9.17) is 0 Å². The van der Waals surface area contributed by atoms with Crippen LogP contribution in [0.5, 0.6) is 0 Å². The van der Waals surface area contributed by atoms with Crippen molar-refractivity contribution in [3.8, 4) is 0 Å². The molecule has 2 heterocycles. The topological polar surface area (TPSA) is 65.5 Å². The van der Waals surface area contributed by atoms with Crippen molar-refractivity contribution < 1.29 is 9.90 Å². The molecule has 21 heavy (non-hydrogen) atoms. The summed E-state index contributed by atoms with van der Waals surface area (Å²) in [5, 5.41) is 14.8. The fourth-order valence-corrected chi connectivity index (χ4v) is 3.53. The number of hydrogen-bond acceptors (Lipinski definition) is 4. The van der Waals surface area contributed by atoms with Gasteiger partial charge >= 0.3 is 6.03 Å². The fourth-order valence-electron chi connectivity index (χ4n) is 2.69. The Bertz CT molecular complexity index is 525. The molecule has 0 aliphatic carbocycles. The number of thiazole rings is 1. The normalized spacial score (nSPS) is 21.1. The second-order valence-corrected chi connectivity index (χ2v) is 7.85. The molecule has 1 aromatic rings. The lowest BCUT2D eigenvalue weighted by atomic mass is 9.99. The Hall–Kier alpha value is -1.14. The molecule has 2 amide bonds. The third-order valence-electron chi connectivity index (χ3n) is 4.01. The van der Waals surface area contributed by atoms with Crippen LogP contribution in [0.4, 0.5) is 9.80 Å². The zero-order valence-corrected chi connectivity index (χ0v) is 14.3. The first-order chi connectivity index (χ1) is 9.71. The molecule has 0 radical (unpaired) electrons. The van der Waals surface area contributed by atoms with Gasteiger partial charge in [-0.3, -0.25) is 5.32 Å². The number of aliphatic hydroxyl groups is 1. The average Bonchev–Trinajstić information content (AvgIpc) is 2.80. The number of aromatic nitrogens is 1. The Labute approximate surface area is 130 Å². The molecule has 2 N–H and O–H groups in total. The van der Waals surface area contributed by atoms with Crippen LogP contribution in [0, 0.1) is 12.8 Å². The molecule has 0 aromatic carbocycles. The second kappa shape index (κ2) is 5.93. The molecule has 0 saturated carbocycles. The van der Waals surface area contributed by atoms with E-state index in [2.05, 4.69) is 24.1 Å². The molecular weight excluding hydrogens is 286 g/mol. The molecule has 1 saturated heterocycles. The van der Waals surface area contributed by atoms with Crippen molar-refractivity contribution in [3.63, 3.8) is 0 Å². The average molecular weight is 311 g/mol. The van der Waals surface area contributed by atoms with Gasteiger partial charge in [0.2, 0.25) is 0 Å². The van der Waals surface area contributed by atoms with Crippen molar-refractivity contribution in [2.24, 2.45) is 5.92 Å². The van der Waals surface area contributed by atoms with Gasteiger partial charge in [0.1, 0.15) is 5.00 Å². The van der Waals surface area contributed by atoms with E-state index in [1.54, 1.807) is 4.90 Å². The molecule has 1 fully saturated rings. The number of nitrogens with zero attached hydrogens (tertiary/aromatic N) is 2.